The number of nitro groups is 1. The number of rotatable bonds is 4. The first-order valence-corrected chi connectivity index (χ1v) is 7.71. The van der Waals surface area contributed by atoms with Crippen molar-refractivity contribution in [1.29, 1.82) is 0 Å². The third-order valence-corrected chi connectivity index (χ3v) is 3.93. The number of aromatic nitrogens is 2. The van der Waals surface area contributed by atoms with Crippen molar-refractivity contribution in [1.82, 2.24) is 9.78 Å². The first kappa shape index (κ1) is 15.5. The van der Waals surface area contributed by atoms with Gasteiger partial charge in [0.25, 0.3) is 0 Å². The van der Waals surface area contributed by atoms with E-state index in [0.29, 0.717) is 4.47 Å². The van der Waals surface area contributed by atoms with Crippen LogP contribution >= 0.6 is 15.9 Å². The highest BCUT2D eigenvalue weighted by molar-refractivity contribution is 9.10. The molecule has 21 heavy (non-hydrogen) atoms. The van der Waals surface area contributed by atoms with Crippen molar-refractivity contribution >= 4 is 31.8 Å². The Morgan fingerprint density at radius 2 is 2.14 bits per heavy atom. The van der Waals surface area contributed by atoms with Gasteiger partial charge >= 0.3 is 5.82 Å². The van der Waals surface area contributed by atoms with E-state index < -0.39 is 31.5 Å². The van der Waals surface area contributed by atoms with Crippen LogP contribution in [0, 0.1) is 15.9 Å². The minimum atomic E-state index is -4.29. The van der Waals surface area contributed by atoms with Gasteiger partial charge in [0.05, 0.1) is 17.8 Å². The van der Waals surface area contributed by atoms with Crippen LogP contribution in [0.4, 0.5) is 10.2 Å². The molecule has 0 aliphatic heterocycles. The second kappa shape index (κ2) is 5.50. The lowest BCUT2D eigenvalue weighted by Gasteiger charge is -2.01. The second-order valence-electron chi connectivity index (χ2n) is 4.05. The molecule has 0 aliphatic carbocycles. The van der Waals surface area contributed by atoms with Gasteiger partial charge in [-0.15, -0.1) is 0 Å². The van der Waals surface area contributed by atoms with E-state index in [0.717, 1.165) is 10.9 Å². The standard InChI is InChI=1S/C10H8BrFN4O4S/c11-7-2-1-6(8(12)3-7)4-15-5-9(21(13,19)20)10(14-15)16(17)18/h1-3,5H,4H2,(H2,13,19,20). The average Bonchev–Trinajstić information content (AvgIpc) is 2.77. The molecule has 0 spiro atoms. The summed E-state index contributed by atoms with van der Waals surface area (Å²) in [7, 11) is -4.29. The van der Waals surface area contributed by atoms with E-state index in [1.165, 1.54) is 12.1 Å². The number of hydrogen-bond acceptors (Lipinski definition) is 5. The van der Waals surface area contributed by atoms with Gasteiger partial charge in [0.2, 0.25) is 14.9 Å². The van der Waals surface area contributed by atoms with Gasteiger partial charge in [-0.25, -0.2) is 17.9 Å². The van der Waals surface area contributed by atoms with Crippen molar-refractivity contribution in [3.8, 4) is 0 Å². The molecule has 0 fully saturated rings. The lowest BCUT2D eigenvalue weighted by atomic mass is 10.2. The van der Waals surface area contributed by atoms with Crippen molar-refractivity contribution in [2.75, 3.05) is 0 Å². The van der Waals surface area contributed by atoms with Crippen LogP contribution < -0.4 is 5.14 Å². The molecule has 2 N–H and O–H groups in total. The predicted molar refractivity (Wildman–Crippen MR) is 73.5 cm³/mol. The number of nitrogens with zero attached hydrogens (tertiary/aromatic N) is 3. The van der Waals surface area contributed by atoms with Gasteiger partial charge in [-0.05, 0) is 17.1 Å². The van der Waals surface area contributed by atoms with Gasteiger partial charge in [-0.3, -0.25) is 0 Å². The fourth-order valence-electron chi connectivity index (χ4n) is 1.63. The zero-order valence-electron chi connectivity index (χ0n) is 10.2. The molecule has 8 nitrogen and oxygen atoms in total. The fraction of sp³-hybridized carbons (Fsp3) is 0.100. The predicted octanol–water partition coefficient (Wildman–Crippen LogP) is 1.39. The molecule has 0 saturated carbocycles. The Kier molecular flexibility index (Phi) is 4.07. The lowest BCUT2D eigenvalue weighted by molar-refractivity contribution is -0.392. The number of hydrogen-bond donors (Lipinski definition) is 1. The summed E-state index contributed by atoms with van der Waals surface area (Å²) in [6.07, 6.45) is 0.898. The summed E-state index contributed by atoms with van der Waals surface area (Å²) in [5.74, 6) is -1.45. The van der Waals surface area contributed by atoms with E-state index in [-0.39, 0.29) is 12.1 Å². The number of primary sulfonamides is 1. The second-order valence-corrected chi connectivity index (χ2v) is 6.50. The van der Waals surface area contributed by atoms with E-state index in [1.54, 1.807) is 6.07 Å². The van der Waals surface area contributed by atoms with E-state index in [1.807, 2.05) is 0 Å². The molecule has 1 heterocycles. The summed E-state index contributed by atoms with van der Waals surface area (Å²) in [6.45, 7) is -0.171. The normalized spacial score (nSPS) is 11.6. The Labute approximate surface area is 126 Å². The summed E-state index contributed by atoms with van der Waals surface area (Å²) in [5, 5.41) is 19.2. The lowest BCUT2D eigenvalue weighted by Crippen LogP contribution is -2.13. The Balaban J connectivity index is 2.44. The van der Waals surface area contributed by atoms with Crippen LogP contribution in [0.15, 0.2) is 33.8 Å². The van der Waals surface area contributed by atoms with Gasteiger partial charge in [-0.1, -0.05) is 22.0 Å². The molecule has 112 valence electrons. The topological polar surface area (TPSA) is 121 Å². The van der Waals surface area contributed by atoms with E-state index >= 15 is 0 Å². The van der Waals surface area contributed by atoms with Crippen molar-refractivity contribution < 1.29 is 17.7 Å². The number of sulfonamides is 1. The molecule has 0 amide bonds. The molecule has 2 aromatic rings. The van der Waals surface area contributed by atoms with Crippen LogP contribution in [-0.2, 0) is 16.6 Å². The van der Waals surface area contributed by atoms with E-state index in [2.05, 4.69) is 21.0 Å². The molecule has 0 saturated heterocycles. The van der Waals surface area contributed by atoms with Crippen LogP contribution in [0.2, 0.25) is 0 Å². The van der Waals surface area contributed by atoms with Crippen molar-refractivity contribution in [3.05, 3.63) is 50.4 Å². The molecule has 1 aromatic carbocycles. The minimum absolute atomic E-state index is 0.171. The maximum absolute atomic E-state index is 13.7. The maximum atomic E-state index is 13.7. The van der Waals surface area contributed by atoms with Crippen LogP contribution in [0.25, 0.3) is 0 Å². The zero-order chi connectivity index (χ0) is 15.8. The van der Waals surface area contributed by atoms with E-state index in [4.69, 9.17) is 5.14 Å². The monoisotopic (exact) mass is 378 g/mol. The molecule has 0 radical (unpaired) electrons. The first-order valence-electron chi connectivity index (χ1n) is 5.37. The Hall–Kier alpha value is -1.85. The average molecular weight is 379 g/mol. The molecule has 2 rings (SSSR count). The smallest absolute Gasteiger partial charge is 0.358 e. The Morgan fingerprint density at radius 1 is 1.48 bits per heavy atom. The van der Waals surface area contributed by atoms with Crippen LogP contribution in [0.1, 0.15) is 5.56 Å². The summed E-state index contributed by atoms with van der Waals surface area (Å²) in [5.41, 5.74) is 0.191. The van der Waals surface area contributed by atoms with Crippen molar-refractivity contribution in [3.63, 3.8) is 0 Å². The van der Waals surface area contributed by atoms with Crippen LogP contribution in [0.5, 0.6) is 0 Å². The molecule has 0 aliphatic rings. The number of halogens is 2. The van der Waals surface area contributed by atoms with Gasteiger partial charge in [-0.2, -0.15) is 4.68 Å². The SMILES string of the molecule is NS(=O)(=O)c1cn(Cc2ccc(Br)cc2F)nc1[N+](=O)[O-]. The Morgan fingerprint density at radius 3 is 2.62 bits per heavy atom. The quantitative estimate of drug-likeness (QED) is 0.636. The van der Waals surface area contributed by atoms with Crippen LogP contribution in [0.3, 0.4) is 0 Å². The Bertz CT molecular complexity index is 820. The van der Waals surface area contributed by atoms with Crippen LogP contribution in [-0.4, -0.2) is 23.1 Å². The molecule has 0 bridgehead atoms. The zero-order valence-corrected chi connectivity index (χ0v) is 12.6. The van der Waals surface area contributed by atoms with Gasteiger partial charge < -0.3 is 10.1 Å². The summed E-state index contributed by atoms with van der Waals surface area (Å²) >= 11 is 3.10. The first-order chi connectivity index (χ1) is 9.68. The molecule has 0 atom stereocenters. The minimum Gasteiger partial charge on any atom is -0.358 e. The highest BCUT2D eigenvalue weighted by Gasteiger charge is 2.29. The summed E-state index contributed by atoms with van der Waals surface area (Å²) < 4.78 is 37.7. The summed E-state index contributed by atoms with van der Waals surface area (Å²) in [6, 6.07) is 4.24. The fourth-order valence-corrected chi connectivity index (χ4v) is 2.60. The third kappa shape index (κ3) is 3.43. The molecular formula is C10H8BrFN4O4S. The van der Waals surface area contributed by atoms with Gasteiger partial charge in [0.15, 0.2) is 0 Å². The summed E-state index contributed by atoms with van der Waals surface area (Å²) in [4.78, 5) is 9.09. The highest BCUT2D eigenvalue weighted by Crippen LogP contribution is 2.22. The third-order valence-electron chi connectivity index (χ3n) is 2.54. The van der Waals surface area contributed by atoms with Gasteiger partial charge in [0, 0.05) is 10.0 Å². The van der Waals surface area contributed by atoms with Gasteiger partial charge in [0.1, 0.15) is 5.82 Å². The molecule has 1 aromatic heterocycles. The largest absolute Gasteiger partial charge is 0.410 e. The number of benzene rings is 1. The molecule has 11 heteroatoms. The molecular weight excluding hydrogens is 371 g/mol. The van der Waals surface area contributed by atoms with E-state index in [9.17, 15) is 22.9 Å². The van der Waals surface area contributed by atoms with Crippen molar-refractivity contribution in [2.24, 2.45) is 5.14 Å². The number of nitrogens with two attached hydrogens (primary N) is 1. The van der Waals surface area contributed by atoms with Crippen molar-refractivity contribution in [2.45, 2.75) is 11.4 Å². The maximum Gasteiger partial charge on any atom is 0.410 e. The molecule has 0 unspecified atom stereocenters. The highest BCUT2D eigenvalue weighted by atomic mass is 79.9.